The van der Waals surface area contributed by atoms with Crippen molar-refractivity contribution >= 4 is 77.9 Å². The van der Waals surface area contributed by atoms with Crippen LogP contribution in [-0.4, -0.2) is 78.3 Å². The molecular formula is C34H28F6N6O7S4. The van der Waals surface area contributed by atoms with Crippen LogP contribution in [0.2, 0.25) is 0 Å². The molecule has 1 N–H and O–H groups in total. The molecule has 0 saturated heterocycles. The summed E-state index contributed by atoms with van der Waals surface area (Å²) in [5.74, 6) is -0.687. The Morgan fingerprint density at radius 2 is 1.11 bits per heavy atom. The quantitative estimate of drug-likeness (QED) is 0.0406. The number of hydrazone groups is 1. The van der Waals surface area contributed by atoms with Crippen molar-refractivity contribution in [3.8, 4) is 23.2 Å². The third kappa shape index (κ3) is 10.9. The van der Waals surface area contributed by atoms with E-state index in [2.05, 4.69) is 30.5 Å². The second-order valence-corrected chi connectivity index (χ2v) is 18.0. The van der Waals surface area contributed by atoms with Gasteiger partial charge in [0.15, 0.2) is 37.1 Å². The van der Waals surface area contributed by atoms with Crippen molar-refractivity contribution in [1.29, 1.82) is 0 Å². The number of nitrogens with zero attached hydrogens (tertiary/aromatic N) is 5. The predicted octanol–water partition coefficient (Wildman–Crippen LogP) is 8.35. The van der Waals surface area contributed by atoms with Gasteiger partial charge in [-0.05, 0) is 91.1 Å². The summed E-state index contributed by atoms with van der Waals surface area (Å²) < 4.78 is 136. The largest absolute Gasteiger partial charge is 0.446 e. The van der Waals surface area contributed by atoms with Gasteiger partial charge in [0.05, 0.1) is 33.2 Å². The van der Waals surface area contributed by atoms with Gasteiger partial charge in [0, 0.05) is 16.3 Å². The van der Waals surface area contributed by atoms with Crippen molar-refractivity contribution < 1.29 is 56.8 Å². The van der Waals surface area contributed by atoms with Gasteiger partial charge in [-0.3, -0.25) is 4.79 Å². The molecule has 0 fully saturated rings. The van der Waals surface area contributed by atoms with Crippen LogP contribution in [0.5, 0.6) is 0 Å². The van der Waals surface area contributed by atoms with Gasteiger partial charge in [-0.2, -0.15) is 31.4 Å². The Balaban J connectivity index is 0.000000219. The number of fused-ring (bicyclic) bond motifs is 2. The third-order valence-corrected chi connectivity index (χ3v) is 12.3. The molecule has 302 valence electrons. The van der Waals surface area contributed by atoms with Crippen LogP contribution in [0.4, 0.5) is 26.3 Å². The van der Waals surface area contributed by atoms with Gasteiger partial charge < -0.3 is 14.3 Å². The molecule has 6 rings (SSSR count). The second kappa shape index (κ2) is 17.2. The van der Waals surface area contributed by atoms with E-state index in [-0.39, 0.29) is 106 Å². The number of hydrogen-bond donors (Lipinski definition) is 1. The first-order chi connectivity index (χ1) is 26.8. The zero-order valence-electron chi connectivity index (χ0n) is 29.5. The fourth-order valence-corrected chi connectivity index (χ4v) is 7.97. The van der Waals surface area contributed by atoms with Crippen molar-refractivity contribution in [3.63, 3.8) is 0 Å². The number of oxazole rings is 2. The summed E-state index contributed by atoms with van der Waals surface area (Å²) in [4.78, 5) is 27.1. The zero-order chi connectivity index (χ0) is 41.8. The fourth-order valence-electron chi connectivity index (χ4n) is 4.79. The first-order valence-corrected chi connectivity index (χ1v) is 21.2. The summed E-state index contributed by atoms with van der Waals surface area (Å²) in [6, 6.07) is 12.9. The molecule has 6 aromatic rings. The van der Waals surface area contributed by atoms with E-state index in [1.54, 1.807) is 0 Å². The number of rotatable bonds is 12. The molecule has 23 heteroatoms. The highest BCUT2D eigenvalue weighted by Gasteiger charge is 2.31. The monoisotopic (exact) mass is 874 g/mol. The number of hydrogen-bond acceptors (Lipinski definition) is 15. The average molecular weight is 875 g/mol. The van der Waals surface area contributed by atoms with E-state index in [1.807, 2.05) is 6.92 Å². The molecule has 0 aliphatic rings. The molecule has 4 heterocycles. The van der Waals surface area contributed by atoms with Gasteiger partial charge in [-0.25, -0.2) is 36.8 Å². The number of carbonyl (C=O) groups is 1. The molecule has 0 bridgehead atoms. The molecule has 13 nitrogen and oxygen atoms in total. The van der Waals surface area contributed by atoms with E-state index in [0.29, 0.717) is 18.5 Å². The lowest BCUT2D eigenvalue weighted by atomic mass is 10.3. The predicted molar refractivity (Wildman–Crippen MR) is 200 cm³/mol. The van der Waals surface area contributed by atoms with Crippen LogP contribution < -0.4 is 5.43 Å². The van der Waals surface area contributed by atoms with Crippen molar-refractivity contribution in [1.82, 2.24) is 25.4 Å². The average Bonchev–Trinajstić information content (AvgIpc) is 3.77. The van der Waals surface area contributed by atoms with Crippen molar-refractivity contribution in [2.75, 3.05) is 18.1 Å². The van der Waals surface area contributed by atoms with Crippen LogP contribution in [0.1, 0.15) is 37.0 Å². The summed E-state index contributed by atoms with van der Waals surface area (Å²) in [6.45, 7) is 5.39. The standard InChI is InChI=1S/C18H17F3N4O3S2.C16H11F3N2O4S2/c1-3-22-23-10-11-5-8-15(30(26,27)4-2)16(24-11)17-25-13-9-12(29-18(19,20)21)6-7-14(13)28-17;1-2-27(23,24)13-6-3-9(8-22)20-14(13)15-21-11-7-10(26-16(17,18)19)4-5-12(11)25-15/h5-10,22H,3-4H2,1-2H3;3-8H,2H2,1H3/b23-10+;. The van der Waals surface area contributed by atoms with Crippen molar-refractivity contribution in [2.24, 2.45) is 5.10 Å². The molecule has 0 aliphatic heterocycles. The van der Waals surface area contributed by atoms with Crippen LogP contribution in [0.25, 0.3) is 45.4 Å². The number of pyridine rings is 2. The Labute approximate surface area is 328 Å². The Kier molecular flexibility index (Phi) is 13.0. The van der Waals surface area contributed by atoms with Crippen LogP contribution >= 0.6 is 23.5 Å². The van der Waals surface area contributed by atoms with E-state index in [9.17, 15) is 48.0 Å². The van der Waals surface area contributed by atoms with E-state index in [4.69, 9.17) is 8.83 Å². The van der Waals surface area contributed by atoms with Gasteiger partial charge in [0.1, 0.15) is 28.1 Å². The number of aromatic nitrogens is 4. The number of benzene rings is 2. The minimum absolute atomic E-state index is 0.0291. The summed E-state index contributed by atoms with van der Waals surface area (Å²) in [7, 11) is -7.37. The Morgan fingerprint density at radius 1 is 0.667 bits per heavy atom. The smallest absolute Gasteiger partial charge is 0.435 e. The number of thioether (sulfide) groups is 2. The number of sulfone groups is 2. The minimum Gasteiger partial charge on any atom is -0.435 e. The Bertz CT molecular complexity index is 2680. The second-order valence-electron chi connectivity index (χ2n) is 11.3. The highest BCUT2D eigenvalue weighted by atomic mass is 32.2. The van der Waals surface area contributed by atoms with Gasteiger partial charge in [0.2, 0.25) is 11.8 Å². The molecule has 57 heavy (non-hydrogen) atoms. The third-order valence-electron chi connectivity index (χ3n) is 7.35. The molecule has 0 saturated carbocycles. The molecule has 0 aliphatic carbocycles. The topological polar surface area (TPSA) is 188 Å². The maximum absolute atomic E-state index is 12.6. The lowest BCUT2D eigenvalue weighted by molar-refractivity contribution is -0.0337. The summed E-state index contributed by atoms with van der Waals surface area (Å²) >= 11 is -0.574. The highest BCUT2D eigenvalue weighted by molar-refractivity contribution is 8.00. The van der Waals surface area contributed by atoms with Gasteiger partial charge >= 0.3 is 11.0 Å². The van der Waals surface area contributed by atoms with Crippen LogP contribution in [0.15, 0.2) is 94.2 Å². The lowest BCUT2D eigenvalue weighted by Crippen LogP contribution is -2.09. The summed E-state index contributed by atoms with van der Waals surface area (Å²) in [5.41, 5.74) is -5.38. The van der Waals surface area contributed by atoms with E-state index >= 15 is 0 Å². The molecule has 0 atom stereocenters. The van der Waals surface area contributed by atoms with Gasteiger partial charge in [-0.1, -0.05) is 13.8 Å². The Hall–Kier alpha value is -5.00. The lowest BCUT2D eigenvalue weighted by Gasteiger charge is -2.06. The number of halogens is 6. The number of aldehydes is 1. The molecule has 4 aromatic heterocycles. The number of alkyl halides is 6. The van der Waals surface area contributed by atoms with Crippen LogP contribution in [0.3, 0.4) is 0 Å². The fraction of sp³-hybridized carbons (Fsp3) is 0.235. The first-order valence-electron chi connectivity index (χ1n) is 16.3. The molecule has 2 aromatic carbocycles. The maximum atomic E-state index is 12.6. The molecule has 0 unspecified atom stereocenters. The van der Waals surface area contributed by atoms with E-state index in [0.717, 1.165) is 0 Å². The maximum Gasteiger partial charge on any atom is 0.446 e. The van der Waals surface area contributed by atoms with E-state index in [1.165, 1.54) is 80.7 Å². The van der Waals surface area contributed by atoms with Crippen molar-refractivity contribution in [3.05, 3.63) is 72.1 Å². The van der Waals surface area contributed by atoms with Crippen LogP contribution in [0, 0.1) is 0 Å². The highest BCUT2D eigenvalue weighted by Crippen LogP contribution is 2.40. The van der Waals surface area contributed by atoms with Crippen molar-refractivity contribution in [2.45, 2.75) is 51.4 Å². The summed E-state index contributed by atoms with van der Waals surface area (Å²) in [6.07, 6.45) is 1.85. The van der Waals surface area contributed by atoms with Gasteiger partial charge in [0.25, 0.3) is 0 Å². The molecule has 0 spiro atoms. The number of nitrogens with one attached hydrogen (secondary N) is 1. The first kappa shape index (κ1) is 43.1. The van der Waals surface area contributed by atoms with Crippen LogP contribution in [-0.2, 0) is 19.7 Å². The number of carbonyl (C=O) groups excluding carboxylic acids is 1. The van der Waals surface area contributed by atoms with Gasteiger partial charge in [-0.15, -0.1) is 0 Å². The van der Waals surface area contributed by atoms with E-state index < -0.39 is 30.7 Å². The normalized spacial score (nSPS) is 12.6. The SMILES string of the molecule is CCN/N=C/c1ccc(S(=O)(=O)CC)c(-c2nc3cc(SC(F)(F)F)ccc3o2)n1.CCS(=O)(=O)c1ccc(C=O)nc1-c1nc2cc(SC(F)(F)F)ccc2o1. The Morgan fingerprint density at radius 3 is 1.51 bits per heavy atom. The zero-order valence-corrected chi connectivity index (χ0v) is 32.8. The molecular weight excluding hydrogens is 847 g/mol. The minimum atomic E-state index is -4.46. The molecule has 0 amide bonds. The molecule has 0 radical (unpaired) electrons. The summed E-state index contributed by atoms with van der Waals surface area (Å²) in [5, 5.41) is 3.95.